The van der Waals surface area contributed by atoms with E-state index in [-0.39, 0.29) is 11.3 Å². The van der Waals surface area contributed by atoms with Gasteiger partial charge < -0.3 is 4.74 Å². The van der Waals surface area contributed by atoms with Crippen molar-refractivity contribution >= 4 is 17.8 Å². The fourth-order valence-electron chi connectivity index (χ4n) is 1.69. The minimum Gasteiger partial charge on any atom is -0.497 e. The van der Waals surface area contributed by atoms with Crippen LogP contribution in [0, 0.1) is 10.1 Å². The van der Waals surface area contributed by atoms with E-state index in [0.29, 0.717) is 5.75 Å². The summed E-state index contributed by atoms with van der Waals surface area (Å²) in [4.78, 5) is 21.8. The second-order valence-electron chi connectivity index (χ2n) is 4.28. The quantitative estimate of drug-likeness (QED) is 0.521. The summed E-state index contributed by atoms with van der Waals surface area (Å²) >= 11 is 0. The Bertz CT molecular complexity index is 711. The average molecular weight is 299 g/mol. The van der Waals surface area contributed by atoms with Crippen molar-refractivity contribution in [3.63, 3.8) is 0 Å². The van der Waals surface area contributed by atoms with Gasteiger partial charge in [0, 0.05) is 17.7 Å². The van der Waals surface area contributed by atoms with Crippen molar-refractivity contribution in [2.75, 3.05) is 7.11 Å². The number of ether oxygens (including phenoxy) is 1. The highest BCUT2D eigenvalue weighted by atomic mass is 16.6. The highest BCUT2D eigenvalue weighted by molar-refractivity contribution is 5.95. The first-order valence-electron chi connectivity index (χ1n) is 6.32. The molecule has 0 aromatic heterocycles. The van der Waals surface area contributed by atoms with E-state index in [4.69, 9.17) is 4.74 Å². The number of carbonyl (C=O) groups is 1. The monoisotopic (exact) mass is 299 g/mol. The van der Waals surface area contributed by atoms with Crippen LogP contribution in [-0.2, 0) is 0 Å². The van der Waals surface area contributed by atoms with E-state index in [1.54, 1.807) is 25.3 Å². The van der Waals surface area contributed by atoms with Crippen LogP contribution < -0.4 is 10.2 Å². The second kappa shape index (κ2) is 6.98. The number of nitrogens with one attached hydrogen (secondary N) is 1. The van der Waals surface area contributed by atoms with Crippen molar-refractivity contribution in [1.29, 1.82) is 0 Å². The highest BCUT2D eigenvalue weighted by Gasteiger charge is 2.08. The van der Waals surface area contributed by atoms with Crippen molar-refractivity contribution in [2.45, 2.75) is 0 Å². The normalized spacial score (nSPS) is 10.4. The Balaban J connectivity index is 1.99. The van der Waals surface area contributed by atoms with Crippen LogP contribution in [0.15, 0.2) is 53.6 Å². The highest BCUT2D eigenvalue weighted by Crippen LogP contribution is 2.12. The molecule has 7 nitrogen and oxygen atoms in total. The fraction of sp³-hybridized carbons (Fsp3) is 0.0667. The number of carbonyl (C=O) groups excluding carboxylic acids is 1. The molecule has 0 unspecified atom stereocenters. The van der Waals surface area contributed by atoms with Gasteiger partial charge in [0.05, 0.1) is 18.2 Å². The lowest BCUT2D eigenvalue weighted by Crippen LogP contribution is -2.17. The van der Waals surface area contributed by atoms with Crippen molar-refractivity contribution in [3.8, 4) is 5.75 Å². The zero-order valence-corrected chi connectivity index (χ0v) is 11.7. The van der Waals surface area contributed by atoms with Gasteiger partial charge in [0.15, 0.2) is 0 Å². The van der Waals surface area contributed by atoms with Gasteiger partial charge in [-0.2, -0.15) is 5.10 Å². The fourth-order valence-corrected chi connectivity index (χ4v) is 1.69. The van der Waals surface area contributed by atoms with Crippen molar-refractivity contribution < 1.29 is 14.5 Å². The zero-order chi connectivity index (χ0) is 15.9. The summed E-state index contributed by atoms with van der Waals surface area (Å²) in [6.07, 6.45) is 1.48. The lowest BCUT2D eigenvalue weighted by molar-refractivity contribution is -0.384. The summed E-state index contributed by atoms with van der Waals surface area (Å²) in [5.41, 5.74) is 3.33. The smallest absolute Gasteiger partial charge is 0.271 e. The molecule has 0 saturated heterocycles. The number of hydrogen-bond donors (Lipinski definition) is 1. The van der Waals surface area contributed by atoms with E-state index < -0.39 is 10.8 Å². The van der Waals surface area contributed by atoms with Crippen LogP contribution in [-0.4, -0.2) is 24.2 Å². The van der Waals surface area contributed by atoms with Crippen molar-refractivity contribution in [2.24, 2.45) is 5.10 Å². The van der Waals surface area contributed by atoms with Gasteiger partial charge in [-0.15, -0.1) is 0 Å². The molecule has 1 amide bonds. The van der Waals surface area contributed by atoms with Gasteiger partial charge in [-0.05, 0) is 29.8 Å². The largest absolute Gasteiger partial charge is 0.497 e. The van der Waals surface area contributed by atoms with Gasteiger partial charge in [0.2, 0.25) is 0 Å². The lowest BCUT2D eigenvalue weighted by Gasteiger charge is -2.01. The van der Waals surface area contributed by atoms with Gasteiger partial charge in [-0.1, -0.05) is 12.1 Å². The molecule has 0 radical (unpaired) electrons. The molecule has 2 aromatic rings. The first-order valence-corrected chi connectivity index (χ1v) is 6.32. The first kappa shape index (κ1) is 15.2. The third-order valence-electron chi connectivity index (χ3n) is 2.81. The third kappa shape index (κ3) is 3.89. The molecular weight excluding hydrogens is 286 g/mol. The summed E-state index contributed by atoms with van der Waals surface area (Å²) in [6.45, 7) is 0. The Morgan fingerprint density at radius 1 is 1.27 bits per heavy atom. The van der Waals surface area contributed by atoms with Crippen LogP contribution in [0.5, 0.6) is 5.75 Å². The number of hydrazone groups is 1. The molecule has 0 saturated carbocycles. The number of nitro benzene ring substituents is 1. The van der Waals surface area contributed by atoms with Crippen LogP contribution in [0.4, 0.5) is 5.69 Å². The second-order valence-corrected chi connectivity index (χ2v) is 4.28. The summed E-state index contributed by atoms with van der Waals surface area (Å²) in [7, 11) is 1.56. The molecule has 0 heterocycles. The van der Waals surface area contributed by atoms with E-state index in [0.717, 1.165) is 5.56 Å². The Morgan fingerprint density at radius 2 is 2.00 bits per heavy atom. The molecule has 0 atom stereocenters. The van der Waals surface area contributed by atoms with Crippen LogP contribution in [0.2, 0.25) is 0 Å². The summed E-state index contributed by atoms with van der Waals surface area (Å²) in [6, 6.07) is 12.4. The molecule has 0 spiro atoms. The maximum absolute atomic E-state index is 11.8. The predicted molar refractivity (Wildman–Crippen MR) is 81.2 cm³/mol. The number of hydrogen-bond acceptors (Lipinski definition) is 5. The Labute approximate surface area is 126 Å². The number of amides is 1. The Hall–Kier alpha value is -3.22. The summed E-state index contributed by atoms with van der Waals surface area (Å²) in [5.74, 6) is 0.236. The number of nitrogens with zero attached hydrogens (tertiary/aromatic N) is 2. The van der Waals surface area contributed by atoms with Crippen molar-refractivity contribution in [3.05, 3.63) is 69.8 Å². The maximum Gasteiger partial charge on any atom is 0.271 e. The standard InChI is InChI=1S/C15H13N3O4/c1-22-14-4-2-3-11(9-14)10-16-17-15(19)12-5-7-13(8-6-12)18(20)21/h2-10H,1H3,(H,17,19). The van der Waals surface area contributed by atoms with E-state index in [2.05, 4.69) is 10.5 Å². The number of nitro groups is 1. The lowest BCUT2D eigenvalue weighted by atomic mass is 10.2. The minimum absolute atomic E-state index is 0.0727. The molecule has 0 aliphatic heterocycles. The van der Waals surface area contributed by atoms with E-state index >= 15 is 0 Å². The minimum atomic E-state index is -0.525. The third-order valence-corrected chi connectivity index (χ3v) is 2.81. The Kier molecular flexibility index (Phi) is 4.81. The molecule has 0 bridgehead atoms. The van der Waals surface area contributed by atoms with Gasteiger partial charge >= 0.3 is 0 Å². The summed E-state index contributed by atoms with van der Waals surface area (Å²) in [5, 5.41) is 14.4. The number of benzene rings is 2. The maximum atomic E-state index is 11.8. The molecule has 1 N–H and O–H groups in total. The first-order chi connectivity index (χ1) is 10.6. The topological polar surface area (TPSA) is 93.8 Å². The van der Waals surface area contributed by atoms with Crippen LogP contribution in [0.3, 0.4) is 0 Å². The zero-order valence-electron chi connectivity index (χ0n) is 11.7. The molecule has 112 valence electrons. The molecular formula is C15H13N3O4. The van der Waals surface area contributed by atoms with Gasteiger partial charge in [-0.3, -0.25) is 14.9 Å². The van der Waals surface area contributed by atoms with Crippen LogP contribution in [0.1, 0.15) is 15.9 Å². The molecule has 7 heteroatoms. The average Bonchev–Trinajstić information content (AvgIpc) is 2.55. The molecule has 2 aromatic carbocycles. The van der Waals surface area contributed by atoms with Gasteiger partial charge in [0.1, 0.15) is 5.75 Å². The number of non-ortho nitro benzene ring substituents is 1. The summed E-state index contributed by atoms with van der Waals surface area (Å²) < 4.78 is 5.08. The molecule has 0 fully saturated rings. The SMILES string of the molecule is COc1cccc(C=NNC(=O)c2ccc([N+](=O)[O-])cc2)c1. The van der Waals surface area contributed by atoms with Gasteiger partial charge in [-0.25, -0.2) is 5.43 Å². The van der Waals surface area contributed by atoms with Gasteiger partial charge in [0.25, 0.3) is 11.6 Å². The number of rotatable bonds is 5. The molecule has 22 heavy (non-hydrogen) atoms. The molecule has 0 aliphatic carbocycles. The molecule has 2 rings (SSSR count). The van der Waals surface area contributed by atoms with E-state index in [1.807, 2.05) is 6.07 Å². The predicted octanol–water partition coefficient (Wildman–Crippen LogP) is 2.37. The van der Waals surface area contributed by atoms with Crippen LogP contribution >= 0.6 is 0 Å². The van der Waals surface area contributed by atoms with Crippen LogP contribution in [0.25, 0.3) is 0 Å². The van der Waals surface area contributed by atoms with Crippen molar-refractivity contribution in [1.82, 2.24) is 5.43 Å². The van der Waals surface area contributed by atoms with E-state index in [9.17, 15) is 14.9 Å². The van der Waals surface area contributed by atoms with E-state index in [1.165, 1.54) is 30.5 Å². The molecule has 0 aliphatic rings. The Morgan fingerprint density at radius 3 is 2.64 bits per heavy atom. The number of methoxy groups -OCH3 is 1.